The highest BCUT2D eigenvalue weighted by Gasteiger charge is 2.08. The van der Waals surface area contributed by atoms with Crippen molar-refractivity contribution in [3.8, 4) is 0 Å². The summed E-state index contributed by atoms with van der Waals surface area (Å²) < 4.78 is 5.02. The van der Waals surface area contributed by atoms with E-state index in [1.54, 1.807) is 18.2 Å². The lowest BCUT2D eigenvalue weighted by Crippen LogP contribution is -2.33. The van der Waals surface area contributed by atoms with Gasteiger partial charge in [-0.05, 0) is 23.8 Å². The molecule has 0 spiro atoms. The fourth-order valence-electron chi connectivity index (χ4n) is 2.24. The molecule has 2 aromatic carbocycles. The van der Waals surface area contributed by atoms with Gasteiger partial charge in [0.1, 0.15) is 13.2 Å². The van der Waals surface area contributed by atoms with Crippen molar-refractivity contribution < 1.29 is 14.3 Å². The SMILES string of the molecule is O=C(CNC(=O)OCc1ccccc1)Nc1ccc2[nH]c(=O)[nH]c2c1. The number of rotatable bonds is 5. The fraction of sp³-hybridized carbons (Fsp3) is 0.118. The molecule has 0 saturated heterocycles. The Labute approximate surface area is 142 Å². The van der Waals surface area contributed by atoms with Gasteiger partial charge in [0.15, 0.2) is 0 Å². The van der Waals surface area contributed by atoms with Crippen molar-refractivity contribution in [1.29, 1.82) is 0 Å². The van der Waals surface area contributed by atoms with E-state index < -0.39 is 12.0 Å². The number of amides is 2. The number of aromatic nitrogens is 2. The molecule has 4 N–H and O–H groups in total. The molecule has 0 aliphatic rings. The second-order valence-electron chi connectivity index (χ2n) is 5.30. The van der Waals surface area contributed by atoms with Gasteiger partial charge >= 0.3 is 11.8 Å². The minimum atomic E-state index is -0.676. The first-order chi connectivity index (χ1) is 12.1. The molecule has 3 aromatic rings. The van der Waals surface area contributed by atoms with E-state index in [1.165, 1.54) is 0 Å². The number of carbonyl (C=O) groups excluding carboxylic acids is 2. The van der Waals surface area contributed by atoms with Crippen LogP contribution in [0.15, 0.2) is 53.3 Å². The Morgan fingerprint density at radius 2 is 1.76 bits per heavy atom. The number of benzene rings is 2. The number of ether oxygens (including phenoxy) is 1. The van der Waals surface area contributed by atoms with E-state index in [9.17, 15) is 14.4 Å². The fourth-order valence-corrected chi connectivity index (χ4v) is 2.24. The first-order valence-corrected chi connectivity index (χ1v) is 7.56. The molecule has 128 valence electrons. The lowest BCUT2D eigenvalue weighted by Gasteiger charge is -2.08. The van der Waals surface area contributed by atoms with Crippen molar-refractivity contribution in [3.05, 3.63) is 64.6 Å². The Morgan fingerprint density at radius 1 is 1.00 bits per heavy atom. The van der Waals surface area contributed by atoms with E-state index in [1.807, 2.05) is 30.3 Å². The Kier molecular flexibility index (Phi) is 4.79. The number of carbonyl (C=O) groups is 2. The molecule has 8 heteroatoms. The molecule has 0 radical (unpaired) electrons. The first-order valence-electron chi connectivity index (χ1n) is 7.56. The minimum absolute atomic E-state index is 0.131. The molecule has 8 nitrogen and oxygen atoms in total. The maximum atomic E-state index is 11.9. The topological polar surface area (TPSA) is 116 Å². The average molecular weight is 340 g/mol. The molecular weight excluding hydrogens is 324 g/mol. The summed E-state index contributed by atoms with van der Waals surface area (Å²) in [6, 6.07) is 14.2. The Morgan fingerprint density at radius 3 is 2.56 bits per heavy atom. The minimum Gasteiger partial charge on any atom is -0.445 e. The molecule has 25 heavy (non-hydrogen) atoms. The number of imidazole rings is 1. The summed E-state index contributed by atoms with van der Waals surface area (Å²) in [4.78, 5) is 39.9. The van der Waals surface area contributed by atoms with Crippen LogP contribution in [0.4, 0.5) is 10.5 Å². The molecular formula is C17H16N4O4. The van der Waals surface area contributed by atoms with E-state index in [0.717, 1.165) is 5.56 Å². The molecule has 0 aliphatic carbocycles. The van der Waals surface area contributed by atoms with Crippen molar-refractivity contribution in [2.45, 2.75) is 6.61 Å². The summed E-state index contributed by atoms with van der Waals surface area (Å²) in [6.45, 7) is -0.0961. The third kappa shape index (κ3) is 4.47. The second kappa shape index (κ2) is 7.35. The zero-order chi connectivity index (χ0) is 17.6. The van der Waals surface area contributed by atoms with Crippen LogP contribution in [0.25, 0.3) is 11.0 Å². The highest BCUT2D eigenvalue weighted by atomic mass is 16.5. The highest BCUT2D eigenvalue weighted by Crippen LogP contribution is 2.14. The van der Waals surface area contributed by atoms with Gasteiger partial charge in [0.05, 0.1) is 11.0 Å². The summed E-state index contributed by atoms with van der Waals surface area (Å²) in [5, 5.41) is 5.00. The van der Waals surface area contributed by atoms with Crippen molar-refractivity contribution in [2.75, 3.05) is 11.9 Å². The highest BCUT2D eigenvalue weighted by molar-refractivity contribution is 5.95. The first kappa shape index (κ1) is 16.3. The zero-order valence-corrected chi connectivity index (χ0v) is 13.2. The molecule has 0 atom stereocenters. The summed E-state index contributed by atoms with van der Waals surface area (Å²) in [7, 11) is 0. The van der Waals surface area contributed by atoms with E-state index >= 15 is 0 Å². The van der Waals surface area contributed by atoms with Crippen LogP contribution >= 0.6 is 0 Å². The average Bonchev–Trinajstić information content (AvgIpc) is 2.98. The number of fused-ring (bicyclic) bond motifs is 1. The summed E-state index contributed by atoms with van der Waals surface area (Å²) in [6.07, 6.45) is -0.676. The van der Waals surface area contributed by atoms with Crippen LogP contribution in [0.5, 0.6) is 0 Å². The van der Waals surface area contributed by atoms with Gasteiger partial charge < -0.3 is 25.3 Å². The molecule has 0 unspecified atom stereocenters. The number of nitrogens with one attached hydrogen (secondary N) is 4. The van der Waals surface area contributed by atoms with Crippen LogP contribution in [0.2, 0.25) is 0 Å². The zero-order valence-electron chi connectivity index (χ0n) is 13.2. The van der Waals surface area contributed by atoms with Gasteiger partial charge in [-0.25, -0.2) is 9.59 Å². The van der Waals surface area contributed by atoms with Gasteiger partial charge in [0, 0.05) is 5.69 Å². The van der Waals surface area contributed by atoms with Gasteiger partial charge in [-0.15, -0.1) is 0 Å². The van der Waals surface area contributed by atoms with Crippen LogP contribution < -0.4 is 16.3 Å². The number of H-pyrrole nitrogens is 2. The van der Waals surface area contributed by atoms with Gasteiger partial charge in [0.2, 0.25) is 5.91 Å². The Hall–Kier alpha value is -3.55. The number of hydrogen-bond acceptors (Lipinski definition) is 4. The van der Waals surface area contributed by atoms with Crippen LogP contribution in [-0.4, -0.2) is 28.5 Å². The lowest BCUT2D eigenvalue weighted by atomic mass is 10.2. The van der Waals surface area contributed by atoms with Crippen LogP contribution in [0.1, 0.15) is 5.56 Å². The molecule has 1 aromatic heterocycles. The largest absolute Gasteiger partial charge is 0.445 e. The van der Waals surface area contributed by atoms with Crippen LogP contribution in [0, 0.1) is 0 Å². The number of alkyl carbamates (subject to hydrolysis) is 1. The molecule has 2 amide bonds. The maximum Gasteiger partial charge on any atom is 0.407 e. The third-order valence-electron chi connectivity index (χ3n) is 3.41. The predicted octanol–water partition coefficient (Wildman–Crippen LogP) is 1.72. The molecule has 1 heterocycles. The van der Waals surface area contributed by atoms with Gasteiger partial charge in [-0.2, -0.15) is 0 Å². The maximum absolute atomic E-state index is 11.9. The van der Waals surface area contributed by atoms with Crippen LogP contribution in [-0.2, 0) is 16.1 Å². The lowest BCUT2D eigenvalue weighted by molar-refractivity contribution is -0.115. The second-order valence-corrected chi connectivity index (χ2v) is 5.30. The Bertz CT molecular complexity index is 946. The Balaban J connectivity index is 1.46. The molecule has 0 bridgehead atoms. The molecule has 0 fully saturated rings. The van der Waals surface area contributed by atoms with Crippen molar-refractivity contribution >= 4 is 28.7 Å². The monoisotopic (exact) mass is 340 g/mol. The van der Waals surface area contributed by atoms with Gasteiger partial charge in [-0.1, -0.05) is 30.3 Å². The van der Waals surface area contributed by atoms with E-state index in [4.69, 9.17) is 4.74 Å². The standard InChI is InChI=1S/C17H16N4O4/c22-15(9-18-17(24)25-10-11-4-2-1-3-5-11)19-12-6-7-13-14(8-12)21-16(23)20-13/h1-8H,9-10H2,(H,18,24)(H,19,22)(H2,20,21,23). The van der Waals surface area contributed by atoms with Crippen LogP contribution in [0.3, 0.4) is 0 Å². The van der Waals surface area contributed by atoms with Gasteiger partial charge in [0.25, 0.3) is 0 Å². The van der Waals surface area contributed by atoms with Crippen molar-refractivity contribution in [1.82, 2.24) is 15.3 Å². The van der Waals surface area contributed by atoms with E-state index in [-0.39, 0.29) is 18.8 Å². The number of hydrogen-bond donors (Lipinski definition) is 4. The predicted molar refractivity (Wildman–Crippen MR) is 92.2 cm³/mol. The number of aromatic amines is 2. The van der Waals surface area contributed by atoms with E-state index in [0.29, 0.717) is 16.7 Å². The van der Waals surface area contributed by atoms with Crippen molar-refractivity contribution in [2.24, 2.45) is 0 Å². The molecule has 0 saturated carbocycles. The quantitative estimate of drug-likeness (QED) is 0.566. The molecule has 3 rings (SSSR count). The summed E-state index contributed by atoms with van der Waals surface area (Å²) in [5.41, 5.74) is 2.27. The summed E-state index contributed by atoms with van der Waals surface area (Å²) in [5.74, 6) is -0.408. The smallest absolute Gasteiger partial charge is 0.407 e. The van der Waals surface area contributed by atoms with Crippen molar-refractivity contribution in [3.63, 3.8) is 0 Å². The molecule has 0 aliphatic heterocycles. The normalized spacial score (nSPS) is 10.4. The summed E-state index contributed by atoms with van der Waals surface area (Å²) >= 11 is 0. The van der Waals surface area contributed by atoms with E-state index in [2.05, 4.69) is 20.6 Å². The third-order valence-corrected chi connectivity index (χ3v) is 3.41. The number of anilines is 1. The van der Waals surface area contributed by atoms with Gasteiger partial charge in [-0.3, -0.25) is 4.79 Å².